The maximum atomic E-state index is 13.1. The van der Waals surface area contributed by atoms with E-state index in [4.69, 9.17) is 11.6 Å². The number of amides is 1. The van der Waals surface area contributed by atoms with E-state index < -0.39 is 10.0 Å². The van der Waals surface area contributed by atoms with Gasteiger partial charge in [0.15, 0.2) is 0 Å². The molecule has 7 heteroatoms. The van der Waals surface area contributed by atoms with Crippen molar-refractivity contribution in [2.24, 2.45) is 0 Å². The molecule has 1 heterocycles. The van der Waals surface area contributed by atoms with Gasteiger partial charge in [0.05, 0.1) is 4.90 Å². The SMILES string of the molecule is CC(=O)Nc1ccc(S(=O)(=O)N2CCCCC(c3ccc(Cl)cc3)C2)cc1. The highest BCUT2D eigenvalue weighted by molar-refractivity contribution is 7.89. The average molecular weight is 407 g/mol. The summed E-state index contributed by atoms with van der Waals surface area (Å²) in [6, 6.07) is 14.0. The summed E-state index contributed by atoms with van der Waals surface area (Å²) >= 11 is 5.98. The Morgan fingerprint density at radius 2 is 1.74 bits per heavy atom. The van der Waals surface area contributed by atoms with E-state index in [0.29, 0.717) is 23.8 Å². The number of rotatable bonds is 4. The number of nitrogens with one attached hydrogen (secondary N) is 1. The summed E-state index contributed by atoms with van der Waals surface area (Å²) in [5.74, 6) is -0.0397. The Morgan fingerprint density at radius 3 is 2.37 bits per heavy atom. The van der Waals surface area contributed by atoms with E-state index in [-0.39, 0.29) is 16.7 Å². The van der Waals surface area contributed by atoms with Crippen molar-refractivity contribution in [3.63, 3.8) is 0 Å². The third-order valence-corrected chi connectivity index (χ3v) is 6.92. The standard InChI is InChI=1S/C20H23ClN2O3S/c1-15(24)22-19-9-11-20(12-10-19)27(25,26)23-13-3-2-4-17(14-23)16-5-7-18(21)8-6-16/h5-12,17H,2-4,13-14H2,1H3,(H,22,24). The second-order valence-corrected chi connectivity index (χ2v) is 9.19. The van der Waals surface area contributed by atoms with Crippen LogP contribution in [-0.2, 0) is 14.8 Å². The van der Waals surface area contributed by atoms with Crippen LogP contribution >= 0.6 is 11.6 Å². The Balaban J connectivity index is 1.81. The van der Waals surface area contributed by atoms with E-state index in [2.05, 4.69) is 5.32 Å². The zero-order valence-corrected chi connectivity index (χ0v) is 16.8. The number of sulfonamides is 1. The van der Waals surface area contributed by atoms with Crippen molar-refractivity contribution in [2.45, 2.75) is 37.0 Å². The van der Waals surface area contributed by atoms with Crippen LogP contribution in [0.5, 0.6) is 0 Å². The molecule has 1 saturated heterocycles. The smallest absolute Gasteiger partial charge is 0.243 e. The maximum Gasteiger partial charge on any atom is 0.243 e. The van der Waals surface area contributed by atoms with Crippen LogP contribution < -0.4 is 5.32 Å². The summed E-state index contributed by atoms with van der Waals surface area (Å²) in [6.07, 6.45) is 2.78. The van der Waals surface area contributed by atoms with E-state index >= 15 is 0 Å². The maximum absolute atomic E-state index is 13.1. The quantitative estimate of drug-likeness (QED) is 0.825. The topological polar surface area (TPSA) is 66.5 Å². The highest BCUT2D eigenvalue weighted by Gasteiger charge is 2.29. The molecule has 0 saturated carbocycles. The fourth-order valence-electron chi connectivity index (χ4n) is 3.40. The van der Waals surface area contributed by atoms with Crippen molar-refractivity contribution < 1.29 is 13.2 Å². The van der Waals surface area contributed by atoms with Gasteiger partial charge < -0.3 is 5.32 Å². The Labute approximate surface area is 165 Å². The molecule has 3 rings (SSSR count). The number of anilines is 1. The number of hydrogen-bond acceptors (Lipinski definition) is 3. The number of halogens is 1. The molecule has 1 aliphatic rings. The summed E-state index contributed by atoms with van der Waals surface area (Å²) in [5.41, 5.74) is 1.69. The number of carbonyl (C=O) groups is 1. The Morgan fingerprint density at radius 1 is 1.07 bits per heavy atom. The molecule has 0 radical (unpaired) electrons. The van der Waals surface area contributed by atoms with Gasteiger partial charge in [-0.3, -0.25) is 4.79 Å². The molecule has 1 N–H and O–H groups in total. The molecule has 1 atom stereocenters. The minimum absolute atomic E-state index is 0.151. The van der Waals surface area contributed by atoms with Crippen molar-refractivity contribution >= 4 is 33.2 Å². The Bertz CT molecular complexity index is 896. The Hall–Kier alpha value is -1.89. The van der Waals surface area contributed by atoms with Crippen molar-refractivity contribution in [2.75, 3.05) is 18.4 Å². The highest BCUT2D eigenvalue weighted by Crippen LogP contribution is 2.30. The van der Waals surface area contributed by atoms with E-state index in [1.165, 1.54) is 6.92 Å². The number of benzene rings is 2. The normalized spacial score (nSPS) is 18.7. The van der Waals surface area contributed by atoms with E-state index in [1.807, 2.05) is 24.3 Å². The van der Waals surface area contributed by atoms with Gasteiger partial charge in [-0.2, -0.15) is 4.31 Å². The molecular weight excluding hydrogens is 384 g/mol. The predicted octanol–water partition coefficient (Wildman–Crippen LogP) is 4.26. The fraction of sp³-hybridized carbons (Fsp3) is 0.350. The van der Waals surface area contributed by atoms with Crippen molar-refractivity contribution in [3.8, 4) is 0 Å². The molecule has 0 aliphatic carbocycles. The van der Waals surface area contributed by atoms with Crippen LogP contribution in [0.1, 0.15) is 37.7 Å². The lowest BCUT2D eigenvalue weighted by molar-refractivity contribution is -0.114. The third-order valence-electron chi connectivity index (χ3n) is 4.79. The van der Waals surface area contributed by atoms with Gasteiger partial charge in [-0.05, 0) is 60.7 Å². The van der Waals surface area contributed by atoms with Crippen molar-refractivity contribution in [1.82, 2.24) is 4.31 Å². The van der Waals surface area contributed by atoms with Crippen LogP contribution in [0.2, 0.25) is 5.02 Å². The van der Waals surface area contributed by atoms with Gasteiger partial charge in [0.2, 0.25) is 15.9 Å². The lowest BCUT2D eigenvalue weighted by atomic mass is 9.95. The average Bonchev–Trinajstić information content (AvgIpc) is 2.89. The molecule has 1 fully saturated rings. The summed E-state index contributed by atoms with van der Waals surface area (Å²) in [5, 5.41) is 3.32. The summed E-state index contributed by atoms with van der Waals surface area (Å²) in [6.45, 7) is 2.38. The molecule has 1 unspecified atom stereocenters. The van der Waals surface area contributed by atoms with E-state index in [0.717, 1.165) is 24.8 Å². The van der Waals surface area contributed by atoms with Crippen LogP contribution in [0.4, 0.5) is 5.69 Å². The molecule has 2 aromatic rings. The van der Waals surface area contributed by atoms with Gasteiger partial charge >= 0.3 is 0 Å². The van der Waals surface area contributed by atoms with Gasteiger partial charge in [-0.1, -0.05) is 30.2 Å². The first-order valence-corrected chi connectivity index (χ1v) is 10.8. The van der Waals surface area contributed by atoms with Gasteiger partial charge in [0, 0.05) is 30.7 Å². The lowest BCUT2D eigenvalue weighted by Gasteiger charge is -2.24. The van der Waals surface area contributed by atoms with Crippen LogP contribution in [-0.4, -0.2) is 31.7 Å². The summed E-state index contributed by atoms with van der Waals surface area (Å²) in [4.78, 5) is 11.4. The van der Waals surface area contributed by atoms with Gasteiger partial charge in [0.25, 0.3) is 0 Å². The largest absolute Gasteiger partial charge is 0.326 e. The Kier molecular flexibility index (Phi) is 6.19. The number of carbonyl (C=O) groups excluding carboxylic acids is 1. The van der Waals surface area contributed by atoms with Gasteiger partial charge in [-0.25, -0.2) is 8.42 Å². The van der Waals surface area contributed by atoms with Gasteiger partial charge in [-0.15, -0.1) is 0 Å². The van der Waals surface area contributed by atoms with Crippen LogP contribution in [0.25, 0.3) is 0 Å². The first-order valence-electron chi connectivity index (χ1n) is 8.99. The second kappa shape index (κ2) is 8.42. The first-order chi connectivity index (χ1) is 12.9. The van der Waals surface area contributed by atoms with E-state index in [9.17, 15) is 13.2 Å². The molecule has 0 spiro atoms. The van der Waals surface area contributed by atoms with E-state index in [1.54, 1.807) is 28.6 Å². The van der Waals surface area contributed by atoms with Crippen molar-refractivity contribution in [3.05, 3.63) is 59.1 Å². The minimum atomic E-state index is -3.59. The molecule has 1 amide bonds. The molecule has 5 nitrogen and oxygen atoms in total. The number of hydrogen-bond donors (Lipinski definition) is 1. The second-order valence-electron chi connectivity index (χ2n) is 6.81. The monoisotopic (exact) mass is 406 g/mol. The van der Waals surface area contributed by atoms with Crippen molar-refractivity contribution in [1.29, 1.82) is 0 Å². The lowest BCUT2D eigenvalue weighted by Crippen LogP contribution is -2.34. The zero-order valence-electron chi connectivity index (χ0n) is 15.2. The molecule has 27 heavy (non-hydrogen) atoms. The first kappa shape index (κ1) is 19.9. The van der Waals surface area contributed by atoms with Gasteiger partial charge in [0.1, 0.15) is 0 Å². The highest BCUT2D eigenvalue weighted by atomic mass is 35.5. The zero-order chi connectivity index (χ0) is 19.4. The van der Waals surface area contributed by atoms with Crippen LogP contribution in [0, 0.1) is 0 Å². The number of nitrogens with zero attached hydrogens (tertiary/aromatic N) is 1. The molecular formula is C20H23ClN2O3S. The minimum Gasteiger partial charge on any atom is -0.326 e. The summed E-state index contributed by atoms with van der Waals surface area (Å²) in [7, 11) is -3.59. The predicted molar refractivity (Wildman–Crippen MR) is 108 cm³/mol. The summed E-state index contributed by atoms with van der Waals surface area (Å²) < 4.78 is 27.8. The third kappa shape index (κ3) is 4.89. The molecule has 0 aromatic heterocycles. The molecule has 1 aliphatic heterocycles. The molecule has 0 bridgehead atoms. The molecule has 144 valence electrons. The fourth-order valence-corrected chi connectivity index (χ4v) is 5.04. The van der Waals surface area contributed by atoms with Crippen LogP contribution in [0.3, 0.4) is 0 Å². The molecule has 2 aromatic carbocycles. The van der Waals surface area contributed by atoms with Crippen LogP contribution in [0.15, 0.2) is 53.4 Å².